The van der Waals surface area contributed by atoms with Crippen LogP contribution in [0.15, 0.2) is 24.3 Å². The molecule has 1 aromatic carbocycles. The molecule has 1 amide bonds. The lowest BCUT2D eigenvalue weighted by molar-refractivity contribution is -0.124. The minimum Gasteiger partial charge on any atom is -0.387 e. The summed E-state index contributed by atoms with van der Waals surface area (Å²) in [5.41, 5.74) is 0.754. The van der Waals surface area contributed by atoms with Crippen molar-refractivity contribution in [3.63, 3.8) is 0 Å². The Morgan fingerprint density at radius 2 is 2.22 bits per heavy atom. The highest BCUT2D eigenvalue weighted by molar-refractivity contribution is 6.30. The van der Waals surface area contributed by atoms with Crippen molar-refractivity contribution in [1.82, 2.24) is 10.6 Å². The van der Waals surface area contributed by atoms with Crippen LogP contribution in [0.25, 0.3) is 0 Å². The monoisotopic (exact) mass is 268 g/mol. The molecule has 0 aromatic heterocycles. The molecule has 2 atom stereocenters. The van der Waals surface area contributed by atoms with E-state index in [-0.39, 0.29) is 18.4 Å². The van der Waals surface area contributed by atoms with Gasteiger partial charge in [0.1, 0.15) is 0 Å². The molecule has 1 heterocycles. The summed E-state index contributed by atoms with van der Waals surface area (Å²) in [5, 5.41) is 16.5. The van der Waals surface area contributed by atoms with E-state index in [4.69, 9.17) is 11.6 Å². The molecule has 0 saturated carbocycles. The number of aliphatic hydroxyl groups excluding tert-OH is 1. The number of benzene rings is 1. The number of amides is 1. The van der Waals surface area contributed by atoms with Crippen LogP contribution in [0, 0.1) is 5.92 Å². The molecule has 2 rings (SSSR count). The third-order valence-electron chi connectivity index (χ3n) is 3.16. The van der Waals surface area contributed by atoms with E-state index in [2.05, 4.69) is 10.6 Å². The Morgan fingerprint density at radius 3 is 2.83 bits per heavy atom. The Hall–Kier alpha value is -1.10. The molecule has 0 spiro atoms. The van der Waals surface area contributed by atoms with Crippen molar-refractivity contribution in [2.75, 3.05) is 19.6 Å². The van der Waals surface area contributed by atoms with Gasteiger partial charge in [-0.15, -0.1) is 0 Å². The zero-order chi connectivity index (χ0) is 13.0. The second-order valence-electron chi connectivity index (χ2n) is 4.50. The van der Waals surface area contributed by atoms with Crippen molar-refractivity contribution in [3.05, 3.63) is 34.9 Å². The molecule has 2 unspecified atom stereocenters. The number of nitrogens with one attached hydrogen (secondary N) is 2. The highest BCUT2D eigenvalue weighted by Crippen LogP contribution is 2.16. The molecule has 1 fully saturated rings. The zero-order valence-corrected chi connectivity index (χ0v) is 10.8. The minimum atomic E-state index is -0.694. The van der Waals surface area contributed by atoms with E-state index in [0.717, 1.165) is 25.1 Å². The maximum atomic E-state index is 11.8. The van der Waals surface area contributed by atoms with Crippen LogP contribution in [0.1, 0.15) is 18.1 Å². The third kappa shape index (κ3) is 3.45. The van der Waals surface area contributed by atoms with E-state index in [1.807, 2.05) is 0 Å². The molecule has 98 valence electrons. The Balaban J connectivity index is 1.82. The lowest BCUT2D eigenvalue weighted by Gasteiger charge is -2.14. The maximum absolute atomic E-state index is 11.8. The fourth-order valence-electron chi connectivity index (χ4n) is 2.02. The van der Waals surface area contributed by atoms with Crippen LogP contribution >= 0.6 is 11.6 Å². The van der Waals surface area contributed by atoms with Gasteiger partial charge >= 0.3 is 0 Å². The van der Waals surface area contributed by atoms with Crippen LogP contribution in [0.4, 0.5) is 0 Å². The van der Waals surface area contributed by atoms with Gasteiger partial charge < -0.3 is 15.7 Å². The fraction of sp³-hybridized carbons (Fsp3) is 0.462. The first-order valence-electron chi connectivity index (χ1n) is 6.09. The predicted octanol–water partition coefficient (Wildman–Crippen LogP) is 1.10. The van der Waals surface area contributed by atoms with Gasteiger partial charge in [0.2, 0.25) is 5.91 Å². The summed E-state index contributed by atoms with van der Waals surface area (Å²) in [7, 11) is 0. The Kier molecular flexibility index (Phi) is 4.58. The SMILES string of the molecule is O=C(NCC(O)c1ccc(Cl)cc1)C1CCNC1. The van der Waals surface area contributed by atoms with Crippen molar-refractivity contribution >= 4 is 17.5 Å². The van der Waals surface area contributed by atoms with E-state index in [1.54, 1.807) is 24.3 Å². The molecule has 0 radical (unpaired) electrons. The van der Waals surface area contributed by atoms with Gasteiger partial charge in [0.05, 0.1) is 12.0 Å². The van der Waals surface area contributed by atoms with Gasteiger partial charge in [0.25, 0.3) is 0 Å². The first-order valence-corrected chi connectivity index (χ1v) is 6.46. The number of halogens is 1. The molecule has 5 heteroatoms. The highest BCUT2D eigenvalue weighted by atomic mass is 35.5. The molecule has 0 bridgehead atoms. The van der Waals surface area contributed by atoms with Gasteiger partial charge in [-0.05, 0) is 30.7 Å². The van der Waals surface area contributed by atoms with E-state index in [9.17, 15) is 9.90 Å². The number of hydrogen-bond acceptors (Lipinski definition) is 3. The fourth-order valence-corrected chi connectivity index (χ4v) is 2.15. The van der Waals surface area contributed by atoms with Gasteiger partial charge in [0.15, 0.2) is 0 Å². The molecular weight excluding hydrogens is 252 g/mol. The normalized spacial score (nSPS) is 20.7. The first kappa shape index (κ1) is 13.3. The number of aliphatic hydroxyl groups is 1. The van der Waals surface area contributed by atoms with Crippen LogP contribution in [0.5, 0.6) is 0 Å². The van der Waals surface area contributed by atoms with E-state index >= 15 is 0 Å². The number of carbonyl (C=O) groups excluding carboxylic acids is 1. The first-order chi connectivity index (χ1) is 8.66. The molecule has 1 aliphatic rings. The summed E-state index contributed by atoms with van der Waals surface area (Å²) in [5.74, 6) is 0.0374. The zero-order valence-electron chi connectivity index (χ0n) is 10.0. The van der Waals surface area contributed by atoms with E-state index in [0.29, 0.717) is 5.02 Å². The van der Waals surface area contributed by atoms with Crippen LogP contribution in [0.2, 0.25) is 5.02 Å². The molecule has 0 aliphatic carbocycles. The Bertz CT molecular complexity index is 402. The Morgan fingerprint density at radius 1 is 1.50 bits per heavy atom. The molecule has 1 saturated heterocycles. The van der Waals surface area contributed by atoms with Gasteiger partial charge in [-0.2, -0.15) is 0 Å². The molecular formula is C13H17ClN2O2. The van der Waals surface area contributed by atoms with Crippen molar-refractivity contribution in [3.8, 4) is 0 Å². The van der Waals surface area contributed by atoms with Gasteiger partial charge in [0, 0.05) is 18.1 Å². The second-order valence-corrected chi connectivity index (χ2v) is 4.94. The van der Waals surface area contributed by atoms with Crippen molar-refractivity contribution in [2.45, 2.75) is 12.5 Å². The summed E-state index contributed by atoms with van der Waals surface area (Å²) in [6.45, 7) is 1.84. The number of hydrogen-bond donors (Lipinski definition) is 3. The molecule has 3 N–H and O–H groups in total. The average molecular weight is 269 g/mol. The maximum Gasteiger partial charge on any atom is 0.224 e. The Labute approximate surface area is 111 Å². The topological polar surface area (TPSA) is 61.4 Å². The largest absolute Gasteiger partial charge is 0.387 e. The van der Waals surface area contributed by atoms with Gasteiger partial charge in [-0.3, -0.25) is 4.79 Å². The van der Waals surface area contributed by atoms with Crippen molar-refractivity contribution in [2.24, 2.45) is 5.92 Å². The summed E-state index contributed by atoms with van der Waals surface area (Å²) in [4.78, 5) is 11.8. The molecule has 4 nitrogen and oxygen atoms in total. The van der Waals surface area contributed by atoms with E-state index < -0.39 is 6.10 Å². The summed E-state index contributed by atoms with van der Waals surface area (Å²) in [6, 6.07) is 6.97. The lowest BCUT2D eigenvalue weighted by Crippen LogP contribution is -2.34. The summed E-state index contributed by atoms with van der Waals surface area (Å²) < 4.78 is 0. The van der Waals surface area contributed by atoms with Crippen LogP contribution in [0.3, 0.4) is 0 Å². The van der Waals surface area contributed by atoms with Crippen LogP contribution in [-0.2, 0) is 4.79 Å². The predicted molar refractivity (Wildman–Crippen MR) is 70.4 cm³/mol. The van der Waals surface area contributed by atoms with Crippen LogP contribution < -0.4 is 10.6 Å². The highest BCUT2D eigenvalue weighted by Gasteiger charge is 2.22. The standard InChI is InChI=1S/C13H17ClN2O2/c14-11-3-1-9(2-4-11)12(17)8-16-13(18)10-5-6-15-7-10/h1-4,10,12,15,17H,5-8H2,(H,16,18). The second kappa shape index (κ2) is 6.18. The summed E-state index contributed by atoms with van der Waals surface area (Å²) >= 11 is 5.77. The smallest absolute Gasteiger partial charge is 0.224 e. The molecule has 18 heavy (non-hydrogen) atoms. The minimum absolute atomic E-state index is 0.00742. The molecule has 1 aliphatic heterocycles. The average Bonchev–Trinajstić information content (AvgIpc) is 2.90. The van der Waals surface area contributed by atoms with Gasteiger partial charge in [-0.25, -0.2) is 0 Å². The number of rotatable bonds is 4. The third-order valence-corrected chi connectivity index (χ3v) is 3.41. The van der Waals surface area contributed by atoms with E-state index in [1.165, 1.54) is 0 Å². The van der Waals surface area contributed by atoms with Crippen molar-refractivity contribution < 1.29 is 9.90 Å². The quantitative estimate of drug-likeness (QED) is 0.766. The van der Waals surface area contributed by atoms with Crippen LogP contribution in [-0.4, -0.2) is 30.6 Å². The van der Waals surface area contributed by atoms with Crippen molar-refractivity contribution in [1.29, 1.82) is 0 Å². The lowest BCUT2D eigenvalue weighted by atomic mass is 10.1. The molecule has 1 aromatic rings. The summed E-state index contributed by atoms with van der Waals surface area (Å²) in [6.07, 6.45) is 0.170. The number of carbonyl (C=O) groups is 1. The van der Waals surface area contributed by atoms with Gasteiger partial charge in [-0.1, -0.05) is 23.7 Å².